The second-order valence-corrected chi connectivity index (χ2v) is 5.64. The molecule has 0 aromatic carbocycles. The maximum absolute atomic E-state index is 9.49. The number of hydrogen-bond donors (Lipinski definition) is 2. The molecule has 0 aliphatic carbocycles. The summed E-state index contributed by atoms with van der Waals surface area (Å²) in [6.45, 7) is 10.8. The third-order valence-electron chi connectivity index (χ3n) is 2.86. The first-order chi connectivity index (χ1) is 14.4. The van der Waals surface area contributed by atoms with Crippen LogP contribution in [0.4, 0.5) is 0 Å². The van der Waals surface area contributed by atoms with Crippen molar-refractivity contribution in [2.75, 3.05) is 81.0 Å². The number of quaternary nitrogens is 2. The molecule has 0 spiro atoms. The van der Waals surface area contributed by atoms with Crippen molar-refractivity contribution < 1.29 is 49.4 Å². The number of methoxy groups -OCH3 is 4. The van der Waals surface area contributed by atoms with Crippen LogP contribution >= 0.6 is 0 Å². The lowest BCUT2D eigenvalue weighted by molar-refractivity contribution is -0.657. The van der Waals surface area contributed by atoms with Crippen molar-refractivity contribution in [3.63, 3.8) is 0 Å². The number of ether oxygens (including phenoxy) is 4. The van der Waals surface area contributed by atoms with Crippen molar-refractivity contribution in [1.29, 1.82) is 0 Å². The molecule has 4 N–H and O–H groups in total. The van der Waals surface area contributed by atoms with Gasteiger partial charge in [-0.1, -0.05) is 19.4 Å². The molecule has 0 radical (unpaired) electrons. The smallest absolute Gasteiger partial charge is 0.0993 e. The molecule has 0 fully saturated rings. The Balaban J connectivity index is -0.000000153. The van der Waals surface area contributed by atoms with Crippen LogP contribution in [0.5, 0.6) is 0 Å². The summed E-state index contributed by atoms with van der Waals surface area (Å²) in [5, 5.41) is 23.2. The summed E-state index contributed by atoms with van der Waals surface area (Å²) >= 11 is 0. The molecule has 0 rings (SSSR count). The van der Waals surface area contributed by atoms with E-state index in [0.29, 0.717) is 6.42 Å². The third-order valence-corrected chi connectivity index (χ3v) is 2.86. The fourth-order valence-corrected chi connectivity index (χ4v) is 1.43. The Hall–Kier alpha value is -1.56. The number of hydrogen-bond acceptors (Lipinski definition) is 8. The maximum Gasteiger partial charge on any atom is 0.0993 e. The number of aliphatic carboxylic acids is 2. The number of nitrogens with two attached hydrogens (primary N) is 2. The first-order valence-electron chi connectivity index (χ1n) is 10.00. The Bertz CT molecular complexity index is 330. The van der Waals surface area contributed by atoms with E-state index in [9.17, 15) is 19.8 Å². The van der Waals surface area contributed by atoms with E-state index in [1.165, 1.54) is 6.08 Å². The monoisotopic (exact) mass is 440 g/mol. The largest absolute Gasteiger partial charge is 0.550 e. The van der Waals surface area contributed by atoms with E-state index in [0.717, 1.165) is 58.7 Å². The van der Waals surface area contributed by atoms with Crippen LogP contribution in [0.3, 0.4) is 0 Å². The van der Waals surface area contributed by atoms with Crippen molar-refractivity contribution in [1.82, 2.24) is 0 Å². The van der Waals surface area contributed by atoms with Crippen LogP contribution in [0.1, 0.15) is 26.7 Å². The molecular formula is C20H44N2O8. The van der Waals surface area contributed by atoms with Gasteiger partial charge in [-0.25, -0.2) is 0 Å². The topological polar surface area (TPSA) is 150 Å². The minimum atomic E-state index is -1.14. The summed E-state index contributed by atoms with van der Waals surface area (Å²) in [4.78, 5) is 18.9. The Kier molecular flexibility index (Phi) is 45.5. The quantitative estimate of drug-likeness (QED) is 0.197. The number of carbonyl (C=O) groups is 2. The number of allylic oxidation sites excluding steroid dienone is 1. The minimum Gasteiger partial charge on any atom is -0.550 e. The summed E-state index contributed by atoms with van der Waals surface area (Å²) in [6.07, 6.45) is 3.23. The van der Waals surface area contributed by atoms with Crippen molar-refractivity contribution in [3.05, 3.63) is 12.2 Å². The van der Waals surface area contributed by atoms with Gasteiger partial charge in [-0.3, -0.25) is 0 Å². The van der Waals surface area contributed by atoms with E-state index in [1.54, 1.807) is 42.3 Å². The van der Waals surface area contributed by atoms with Crippen LogP contribution < -0.4 is 20.8 Å². The highest BCUT2D eigenvalue weighted by atomic mass is 16.5. The van der Waals surface area contributed by atoms with Crippen LogP contribution in [0.2, 0.25) is 0 Å². The first kappa shape index (κ1) is 35.9. The molecule has 0 aromatic heterocycles. The molecule has 0 atom stereocenters. The van der Waals surface area contributed by atoms with Crippen LogP contribution in [0.15, 0.2) is 12.2 Å². The summed E-state index contributed by atoms with van der Waals surface area (Å²) in [5.41, 5.74) is 0. The number of carboxylic acids is 2. The van der Waals surface area contributed by atoms with Gasteiger partial charge in [0.05, 0.1) is 58.6 Å². The Labute approximate surface area is 181 Å². The Morgan fingerprint density at radius 3 is 1.20 bits per heavy atom. The van der Waals surface area contributed by atoms with E-state index in [-0.39, 0.29) is 6.42 Å². The van der Waals surface area contributed by atoms with Gasteiger partial charge in [0.25, 0.3) is 0 Å². The van der Waals surface area contributed by atoms with Gasteiger partial charge >= 0.3 is 0 Å². The maximum atomic E-state index is 9.49. The predicted molar refractivity (Wildman–Crippen MR) is 111 cm³/mol. The number of carbonyl (C=O) groups excluding carboxylic acids is 2. The molecule has 30 heavy (non-hydrogen) atoms. The fourth-order valence-electron chi connectivity index (χ4n) is 1.43. The highest BCUT2D eigenvalue weighted by Crippen LogP contribution is 1.79. The summed E-state index contributed by atoms with van der Waals surface area (Å²) in [5.74, 6) is -2.10. The van der Waals surface area contributed by atoms with E-state index < -0.39 is 11.9 Å². The van der Waals surface area contributed by atoms with Gasteiger partial charge in [0.1, 0.15) is 0 Å². The van der Waals surface area contributed by atoms with Crippen molar-refractivity contribution in [2.24, 2.45) is 0 Å². The van der Waals surface area contributed by atoms with E-state index in [2.05, 4.69) is 10.6 Å². The van der Waals surface area contributed by atoms with Crippen molar-refractivity contribution in [3.8, 4) is 0 Å². The molecule has 182 valence electrons. The molecule has 0 aliphatic rings. The van der Waals surface area contributed by atoms with Crippen molar-refractivity contribution >= 4 is 11.9 Å². The zero-order valence-electron chi connectivity index (χ0n) is 19.6. The normalized spacial score (nSPS) is 9.53. The first-order valence-corrected chi connectivity index (χ1v) is 10.00. The van der Waals surface area contributed by atoms with Gasteiger partial charge in [-0.05, 0) is 19.4 Å². The standard InChI is InChI=1S/2C6H15NO2.C4H8O2.C4H6O2/c2*1-8-5-3-7-4-6-9-2;2*1-2-3-4(5)6/h2*7H,3-6H2,1-2H3;2-3H2,1H3,(H,5,6);2-3H,1H3,(H,5,6). The average Bonchev–Trinajstić information content (AvgIpc) is 2.69. The summed E-state index contributed by atoms with van der Waals surface area (Å²) < 4.78 is 19.4. The molecule has 0 saturated heterocycles. The van der Waals surface area contributed by atoms with Crippen LogP contribution in [0, 0.1) is 0 Å². The lowest BCUT2D eigenvalue weighted by Crippen LogP contribution is -2.86. The molecule has 0 amide bonds. The molecule has 0 aliphatic heterocycles. The number of carboxylic acid groups (broad SMARTS) is 2. The van der Waals surface area contributed by atoms with Crippen molar-refractivity contribution in [2.45, 2.75) is 26.7 Å². The van der Waals surface area contributed by atoms with Gasteiger partial charge in [0, 0.05) is 34.4 Å². The SMILES string of the molecule is CC=CC(=O)[O-].CCCC(=O)[O-].COCC[NH2+]CCOC.COCC[NH2+]CCOC. The predicted octanol–water partition coefficient (Wildman–Crippen LogP) is -3.47. The summed E-state index contributed by atoms with van der Waals surface area (Å²) in [6, 6.07) is 0. The van der Waals surface area contributed by atoms with Gasteiger partial charge in [0.2, 0.25) is 0 Å². The number of rotatable bonds is 15. The molecule has 10 nitrogen and oxygen atoms in total. The van der Waals surface area contributed by atoms with E-state index >= 15 is 0 Å². The summed E-state index contributed by atoms with van der Waals surface area (Å²) in [7, 11) is 6.85. The molecular weight excluding hydrogens is 396 g/mol. The molecule has 0 unspecified atom stereocenters. The molecule has 0 bridgehead atoms. The average molecular weight is 441 g/mol. The molecule has 10 heteroatoms. The molecule has 0 saturated carbocycles. The molecule has 0 heterocycles. The van der Waals surface area contributed by atoms with E-state index in [4.69, 9.17) is 18.9 Å². The lowest BCUT2D eigenvalue weighted by atomic mass is 10.4. The fraction of sp³-hybridized carbons (Fsp3) is 0.800. The lowest BCUT2D eigenvalue weighted by Gasteiger charge is -1.98. The van der Waals surface area contributed by atoms with Gasteiger partial charge < -0.3 is 49.4 Å². The second kappa shape index (κ2) is 38.1. The van der Waals surface area contributed by atoms with Crippen LogP contribution in [0.25, 0.3) is 0 Å². The van der Waals surface area contributed by atoms with Crippen LogP contribution in [-0.4, -0.2) is 93.0 Å². The van der Waals surface area contributed by atoms with Gasteiger partial charge in [0.15, 0.2) is 0 Å². The third kappa shape index (κ3) is 63.3. The van der Waals surface area contributed by atoms with Gasteiger partial charge in [-0.15, -0.1) is 0 Å². The van der Waals surface area contributed by atoms with E-state index in [1.807, 2.05) is 0 Å². The second-order valence-electron chi connectivity index (χ2n) is 5.64. The van der Waals surface area contributed by atoms with Gasteiger partial charge in [-0.2, -0.15) is 0 Å². The Morgan fingerprint density at radius 2 is 1.10 bits per heavy atom. The highest BCUT2D eigenvalue weighted by Gasteiger charge is 1.87. The zero-order chi connectivity index (χ0) is 23.9. The van der Waals surface area contributed by atoms with Crippen LogP contribution in [-0.2, 0) is 28.5 Å². The highest BCUT2D eigenvalue weighted by molar-refractivity contribution is 5.77. The molecule has 0 aromatic rings. The Morgan fingerprint density at radius 1 is 0.767 bits per heavy atom. The zero-order valence-corrected chi connectivity index (χ0v) is 19.6. The minimum absolute atomic E-state index is 0.181.